The minimum absolute atomic E-state index is 0.535. The van der Waals surface area contributed by atoms with E-state index in [1.54, 1.807) is 5.32 Å². The Bertz CT molecular complexity index is 217. The van der Waals surface area contributed by atoms with Gasteiger partial charge in [-0.2, -0.15) is 0 Å². The summed E-state index contributed by atoms with van der Waals surface area (Å²) < 4.78 is 49.0. The van der Waals surface area contributed by atoms with Crippen LogP contribution in [0.15, 0.2) is 0 Å². The van der Waals surface area contributed by atoms with Gasteiger partial charge in [0.05, 0.1) is 1.37 Å². The highest BCUT2D eigenvalue weighted by atomic mass is 32.1. The van der Waals surface area contributed by atoms with Gasteiger partial charge in [0.1, 0.15) is 0 Å². The van der Waals surface area contributed by atoms with Crippen molar-refractivity contribution in [3.8, 4) is 0 Å². The van der Waals surface area contributed by atoms with E-state index in [4.69, 9.17) is 15.3 Å². The second kappa shape index (κ2) is 2.80. The Balaban J connectivity index is 5.18. The van der Waals surface area contributed by atoms with Crippen LogP contribution in [0.5, 0.6) is 0 Å². The summed E-state index contributed by atoms with van der Waals surface area (Å²) in [4.78, 5) is 0. The van der Waals surface area contributed by atoms with E-state index >= 15 is 0 Å². The number of hydrogen-bond donors (Lipinski definition) is 2. The van der Waals surface area contributed by atoms with Crippen molar-refractivity contribution in [3.05, 3.63) is 0 Å². The van der Waals surface area contributed by atoms with Crippen LogP contribution in [0.3, 0.4) is 0 Å². The molecule has 0 aromatic carbocycles. The summed E-state index contributed by atoms with van der Waals surface area (Å²) in [5.74, 6) is 0. The molecule has 0 aromatic heterocycles. The lowest BCUT2D eigenvalue weighted by atomic mass is 10.4. The molecular weight excluding hydrogens is 108 g/mol. The van der Waals surface area contributed by atoms with E-state index in [1.807, 2.05) is 0 Å². The van der Waals surface area contributed by atoms with Crippen molar-refractivity contribution in [1.29, 1.82) is 0 Å². The molecule has 42 valence electrons. The molecule has 0 rings (SSSR count). The summed E-state index contributed by atoms with van der Waals surface area (Å²) in [6, 6.07) is -2.87. The van der Waals surface area contributed by atoms with E-state index in [9.17, 15) is 0 Å². The molecule has 0 atom stereocenters. The smallest absolute Gasteiger partial charge is 0.163 e. The molecule has 3 heteroatoms. The molecule has 0 bridgehead atoms. The van der Waals surface area contributed by atoms with Crippen molar-refractivity contribution in [1.82, 2.24) is 5.32 Å². The van der Waals surface area contributed by atoms with Gasteiger partial charge in [-0.25, -0.2) is 0 Å². The third-order valence-corrected chi connectivity index (χ3v) is 0.350. The minimum atomic E-state index is -3.05. The zero-order chi connectivity index (χ0) is 11.8. The number of nitrogens with two attached hydrogens (primary N) is 1. The molecule has 0 saturated carbocycles. The van der Waals surface area contributed by atoms with E-state index in [-0.39, 0.29) is 0 Å². The SMILES string of the molecule is [2H]C([2H])([2H])C([2H])(NC(N)=S)C([2H])([2H])[2H]. The van der Waals surface area contributed by atoms with Gasteiger partial charge in [-0.1, -0.05) is 0 Å². The number of nitrogens with one attached hydrogen (secondary N) is 1. The molecule has 0 aliphatic carbocycles. The number of thiocarbonyl (C=S) groups is 1. The Labute approximate surface area is 58.9 Å². The Hall–Kier alpha value is -0.310. The standard InChI is InChI=1S/C4H10N2S/c1-3(2)6-4(5)7/h3H,1-2H3,(H3,5,6,7)/i1D3,2D3,3D. The molecule has 0 saturated heterocycles. The van der Waals surface area contributed by atoms with Gasteiger partial charge in [-0.3, -0.25) is 0 Å². The molecule has 0 radical (unpaired) electrons. The minimum Gasteiger partial charge on any atom is -0.376 e. The lowest BCUT2D eigenvalue weighted by molar-refractivity contribution is 0.736. The maximum absolute atomic E-state index is 7.35. The second-order valence-electron chi connectivity index (χ2n) is 0.864. The van der Waals surface area contributed by atoms with E-state index in [1.165, 1.54) is 0 Å². The average molecular weight is 125 g/mol. The van der Waals surface area contributed by atoms with Crippen LogP contribution in [0, 0.1) is 0 Å². The van der Waals surface area contributed by atoms with Crippen LogP contribution in [-0.2, 0) is 0 Å². The molecule has 3 N–H and O–H groups in total. The van der Waals surface area contributed by atoms with Gasteiger partial charge in [-0.05, 0) is 25.9 Å². The topological polar surface area (TPSA) is 38.0 Å². The molecule has 0 fully saturated rings. The van der Waals surface area contributed by atoms with E-state index in [2.05, 4.69) is 12.2 Å². The van der Waals surface area contributed by atoms with Crippen molar-refractivity contribution < 1.29 is 9.60 Å². The van der Waals surface area contributed by atoms with Gasteiger partial charge in [0.2, 0.25) is 0 Å². The van der Waals surface area contributed by atoms with Crippen LogP contribution >= 0.6 is 12.2 Å². The number of hydrogen-bond acceptors (Lipinski definition) is 1. The van der Waals surface area contributed by atoms with Crippen LogP contribution in [-0.4, -0.2) is 11.1 Å². The molecule has 0 aromatic rings. The highest BCUT2D eigenvalue weighted by Crippen LogP contribution is 1.72. The molecule has 0 aliphatic heterocycles. The van der Waals surface area contributed by atoms with Crippen molar-refractivity contribution in [2.24, 2.45) is 5.73 Å². The fraction of sp³-hybridized carbons (Fsp3) is 0.750. The summed E-state index contributed by atoms with van der Waals surface area (Å²) in [6.45, 7) is -6.11. The first kappa shape index (κ1) is 1.35. The zero-order valence-corrected chi connectivity index (χ0v) is 4.30. The fourth-order valence-electron chi connectivity index (χ4n) is 0.123. The third-order valence-electron chi connectivity index (χ3n) is 0.248. The van der Waals surface area contributed by atoms with Gasteiger partial charge in [0.25, 0.3) is 0 Å². The summed E-state index contributed by atoms with van der Waals surface area (Å²) in [5, 5.41) is 1.25. The maximum atomic E-state index is 7.35. The molecule has 0 heterocycles. The second-order valence-corrected chi connectivity index (χ2v) is 1.30. The summed E-state index contributed by atoms with van der Waals surface area (Å²) >= 11 is 4.33. The van der Waals surface area contributed by atoms with Gasteiger partial charge in [-0.15, -0.1) is 0 Å². The Morgan fingerprint density at radius 2 is 2.71 bits per heavy atom. The first-order valence-corrected chi connectivity index (χ1v) is 1.90. The van der Waals surface area contributed by atoms with E-state index in [0.29, 0.717) is 0 Å². The lowest BCUT2D eigenvalue weighted by Crippen LogP contribution is -2.34. The quantitative estimate of drug-likeness (QED) is 0.493. The fourth-order valence-corrected chi connectivity index (χ4v) is 0.225. The zero-order valence-electron chi connectivity index (χ0n) is 10.5. The largest absolute Gasteiger partial charge is 0.376 e. The third kappa shape index (κ3) is 5.69. The lowest BCUT2D eigenvalue weighted by Gasteiger charge is -2.04. The Morgan fingerprint density at radius 1 is 2.14 bits per heavy atom. The Kier molecular flexibility index (Phi) is 0.537. The normalized spacial score (nSPS) is 28.9. The summed E-state index contributed by atoms with van der Waals surface area (Å²) in [7, 11) is 0. The maximum Gasteiger partial charge on any atom is 0.163 e. The van der Waals surface area contributed by atoms with Crippen molar-refractivity contribution in [2.45, 2.75) is 19.7 Å². The van der Waals surface area contributed by atoms with Crippen LogP contribution < -0.4 is 11.1 Å². The predicted octanol–water partition coefficient (Wildman–Crippen LogP) is 0.228. The molecule has 0 aliphatic rings. The Morgan fingerprint density at radius 3 is 2.86 bits per heavy atom. The molecule has 0 spiro atoms. The summed E-state index contributed by atoms with van der Waals surface area (Å²) in [5.41, 5.74) is 4.97. The van der Waals surface area contributed by atoms with Crippen LogP contribution in [0.25, 0.3) is 0 Å². The predicted molar refractivity (Wildman–Crippen MR) is 35.1 cm³/mol. The van der Waals surface area contributed by atoms with Crippen LogP contribution in [0.4, 0.5) is 0 Å². The number of rotatable bonds is 1. The molecule has 2 nitrogen and oxygen atoms in total. The molecule has 0 unspecified atom stereocenters. The summed E-state index contributed by atoms with van der Waals surface area (Å²) in [6.07, 6.45) is 0. The molecule has 7 heavy (non-hydrogen) atoms. The highest BCUT2D eigenvalue weighted by molar-refractivity contribution is 7.80. The average Bonchev–Trinajstić information content (AvgIpc) is 1.79. The van der Waals surface area contributed by atoms with E-state index < -0.39 is 24.8 Å². The molecular formula is C4H10N2S. The first-order chi connectivity index (χ1) is 5.92. The highest BCUT2D eigenvalue weighted by Gasteiger charge is 1.88. The van der Waals surface area contributed by atoms with Crippen molar-refractivity contribution >= 4 is 17.3 Å². The van der Waals surface area contributed by atoms with Crippen LogP contribution in [0.2, 0.25) is 0 Å². The molecule has 0 amide bonds. The van der Waals surface area contributed by atoms with E-state index in [0.717, 1.165) is 0 Å². The van der Waals surface area contributed by atoms with Gasteiger partial charge < -0.3 is 11.1 Å². The van der Waals surface area contributed by atoms with Gasteiger partial charge in [0.15, 0.2) is 5.11 Å². The van der Waals surface area contributed by atoms with Crippen molar-refractivity contribution in [3.63, 3.8) is 0 Å². The van der Waals surface area contributed by atoms with Gasteiger partial charge >= 0.3 is 0 Å². The van der Waals surface area contributed by atoms with Crippen molar-refractivity contribution in [2.75, 3.05) is 0 Å². The first-order valence-electron chi connectivity index (χ1n) is 4.99. The monoisotopic (exact) mass is 125 g/mol. The van der Waals surface area contributed by atoms with Gasteiger partial charge in [0, 0.05) is 14.2 Å². The van der Waals surface area contributed by atoms with Crippen LogP contribution in [0.1, 0.15) is 23.3 Å².